The summed E-state index contributed by atoms with van der Waals surface area (Å²) < 4.78 is 0. The third kappa shape index (κ3) is 5.91. The molecule has 1 aliphatic rings. The Kier molecular flexibility index (Phi) is 5.61. The molecule has 1 saturated carbocycles. The minimum atomic E-state index is -1.14. The summed E-state index contributed by atoms with van der Waals surface area (Å²) in [4.78, 5) is 22.9. The largest absolute Gasteiger partial charge is 0.480 e. The third-order valence-corrected chi connectivity index (χ3v) is 3.91. The molecular weight excluding hydrogens is 272 g/mol. The summed E-state index contributed by atoms with van der Waals surface area (Å²) in [5.74, 6) is -1.14. The third-order valence-electron chi connectivity index (χ3n) is 3.91. The zero-order valence-electron chi connectivity index (χ0n) is 13.4. The molecule has 0 aromatic carbocycles. The van der Waals surface area contributed by atoms with Gasteiger partial charge < -0.3 is 20.8 Å². The molecule has 1 rings (SSSR count). The Hall–Kier alpha value is -1.30. The first-order valence-electron chi connectivity index (χ1n) is 7.45. The molecule has 6 heteroatoms. The van der Waals surface area contributed by atoms with Crippen LogP contribution in [0, 0.1) is 10.8 Å². The van der Waals surface area contributed by atoms with Gasteiger partial charge >= 0.3 is 12.0 Å². The Labute approximate surface area is 126 Å². The minimum Gasteiger partial charge on any atom is -0.480 e. The van der Waals surface area contributed by atoms with Crippen molar-refractivity contribution in [2.24, 2.45) is 10.8 Å². The highest BCUT2D eigenvalue weighted by molar-refractivity contribution is 5.82. The van der Waals surface area contributed by atoms with Crippen LogP contribution in [0.2, 0.25) is 0 Å². The molecule has 122 valence electrons. The van der Waals surface area contributed by atoms with Gasteiger partial charge in [-0.05, 0) is 30.1 Å². The minimum absolute atomic E-state index is 0.00437. The van der Waals surface area contributed by atoms with Crippen molar-refractivity contribution in [2.45, 2.75) is 65.5 Å². The molecule has 4 N–H and O–H groups in total. The van der Waals surface area contributed by atoms with E-state index in [4.69, 9.17) is 10.2 Å². The van der Waals surface area contributed by atoms with Gasteiger partial charge in [0.2, 0.25) is 0 Å². The normalized spacial score (nSPS) is 22.3. The summed E-state index contributed by atoms with van der Waals surface area (Å²) in [6, 6.07) is -1.50. The monoisotopic (exact) mass is 300 g/mol. The van der Waals surface area contributed by atoms with Crippen molar-refractivity contribution in [3.8, 4) is 0 Å². The smallest absolute Gasteiger partial charge is 0.326 e. The number of hydrogen-bond acceptors (Lipinski definition) is 3. The molecule has 0 aromatic heterocycles. The van der Waals surface area contributed by atoms with Gasteiger partial charge in [-0.1, -0.05) is 27.7 Å². The van der Waals surface area contributed by atoms with Crippen LogP contribution in [0.5, 0.6) is 0 Å². The van der Waals surface area contributed by atoms with Crippen LogP contribution in [0.1, 0.15) is 53.4 Å². The lowest BCUT2D eigenvalue weighted by molar-refractivity contribution is -0.139. The van der Waals surface area contributed by atoms with E-state index in [9.17, 15) is 9.59 Å². The predicted octanol–water partition coefficient (Wildman–Crippen LogP) is 1.73. The van der Waals surface area contributed by atoms with Crippen molar-refractivity contribution < 1.29 is 19.8 Å². The van der Waals surface area contributed by atoms with E-state index in [2.05, 4.69) is 38.3 Å². The summed E-state index contributed by atoms with van der Waals surface area (Å²) in [5.41, 5.74) is 0.300. The van der Waals surface area contributed by atoms with Gasteiger partial charge in [0.1, 0.15) is 6.04 Å². The lowest BCUT2D eigenvalue weighted by Crippen LogP contribution is -2.52. The van der Waals surface area contributed by atoms with Crippen LogP contribution in [0.15, 0.2) is 0 Å². The number of aliphatic hydroxyl groups excluding tert-OH is 1. The molecule has 1 aliphatic carbocycles. The summed E-state index contributed by atoms with van der Waals surface area (Å²) in [7, 11) is 0. The van der Waals surface area contributed by atoms with Crippen LogP contribution in [0.4, 0.5) is 4.79 Å². The highest BCUT2D eigenvalue weighted by atomic mass is 16.4. The molecule has 0 saturated heterocycles. The summed E-state index contributed by atoms with van der Waals surface area (Å²) in [6.45, 7) is 8.47. The topological polar surface area (TPSA) is 98.7 Å². The molecule has 0 heterocycles. The molecule has 1 atom stereocenters. The van der Waals surface area contributed by atoms with Crippen molar-refractivity contribution >= 4 is 12.0 Å². The van der Waals surface area contributed by atoms with Gasteiger partial charge in [-0.25, -0.2) is 9.59 Å². The molecule has 1 fully saturated rings. The zero-order chi connectivity index (χ0) is 16.3. The molecule has 0 aromatic rings. The summed E-state index contributed by atoms with van der Waals surface area (Å²) in [6.07, 6.45) is 2.86. The number of nitrogens with one attached hydrogen (secondary N) is 2. The molecule has 6 nitrogen and oxygen atoms in total. The maximum Gasteiger partial charge on any atom is 0.326 e. The predicted molar refractivity (Wildman–Crippen MR) is 80.0 cm³/mol. The van der Waals surface area contributed by atoms with E-state index >= 15 is 0 Å². The molecule has 0 radical (unpaired) electrons. The average Bonchev–Trinajstić information content (AvgIpc) is 2.23. The number of carboxylic acids is 1. The Morgan fingerprint density at radius 2 is 1.71 bits per heavy atom. The first-order valence-corrected chi connectivity index (χ1v) is 7.45. The van der Waals surface area contributed by atoms with Crippen LogP contribution in [-0.2, 0) is 4.79 Å². The first-order chi connectivity index (χ1) is 9.54. The van der Waals surface area contributed by atoms with Gasteiger partial charge in [0.25, 0.3) is 0 Å². The fourth-order valence-corrected chi connectivity index (χ4v) is 3.72. The van der Waals surface area contributed by atoms with Crippen molar-refractivity contribution in [3.05, 3.63) is 0 Å². The molecule has 21 heavy (non-hydrogen) atoms. The number of amides is 2. The first kappa shape index (κ1) is 17.8. The van der Waals surface area contributed by atoms with Gasteiger partial charge in [0, 0.05) is 19.1 Å². The number of aliphatic carboxylic acids is 1. The van der Waals surface area contributed by atoms with E-state index in [1.54, 1.807) is 0 Å². The van der Waals surface area contributed by atoms with Crippen molar-refractivity contribution in [1.29, 1.82) is 0 Å². The number of rotatable bonds is 5. The van der Waals surface area contributed by atoms with Crippen molar-refractivity contribution in [3.63, 3.8) is 0 Å². The summed E-state index contributed by atoms with van der Waals surface area (Å²) >= 11 is 0. The lowest BCUT2D eigenvalue weighted by atomic mass is 9.63. The second-order valence-corrected chi connectivity index (χ2v) is 7.63. The van der Waals surface area contributed by atoms with Crippen molar-refractivity contribution in [1.82, 2.24) is 10.6 Å². The Morgan fingerprint density at radius 3 is 2.14 bits per heavy atom. The quantitative estimate of drug-likeness (QED) is 0.621. The van der Waals surface area contributed by atoms with Gasteiger partial charge in [-0.2, -0.15) is 0 Å². The molecule has 2 amide bonds. The van der Waals surface area contributed by atoms with Gasteiger partial charge in [-0.3, -0.25) is 0 Å². The highest BCUT2D eigenvalue weighted by Crippen LogP contribution is 2.45. The maximum absolute atomic E-state index is 12.0. The maximum atomic E-state index is 12.0. The number of aliphatic hydroxyl groups is 1. The average molecular weight is 300 g/mol. The fraction of sp³-hybridized carbons (Fsp3) is 0.867. The Balaban J connectivity index is 2.59. The number of urea groups is 1. The Bertz CT molecular complexity index is 377. The highest BCUT2D eigenvalue weighted by Gasteiger charge is 2.39. The SMILES string of the molecule is CC1(C)CC(NC(=O)N[C@H](CCO)C(=O)O)CC(C)(C)C1. The van der Waals surface area contributed by atoms with Gasteiger partial charge in [0.15, 0.2) is 0 Å². The lowest BCUT2D eigenvalue weighted by Gasteiger charge is -2.45. The van der Waals surface area contributed by atoms with Crippen LogP contribution in [0.3, 0.4) is 0 Å². The van der Waals surface area contributed by atoms with E-state index in [0.29, 0.717) is 0 Å². The standard InChI is InChI=1S/C15H28N2O4/c1-14(2)7-10(8-15(3,4)9-14)16-13(21)17-11(5-6-18)12(19)20/h10-11,18H,5-9H2,1-4H3,(H,19,20)(H2,16,17,21)/t11-/m1/s1. The zero-order valence-corrected chi connectivity index (χ0v) is 13.4. The number of carbonyl (C=O) groups is 2. The molecule has 0 aliphatic heterocycles. The molecule has 0 bridgehead atoms. The Morgan fingerprint density at radius 1 is 1.19 bits per heavy atom. The van der Waals surface area contributed by atoms with Crippen LogP contribution >= 0.6 is 0 Å². The van der Waals surface area contributed by atoms with E-state index in [1.165, 1.54) is 0 Å². The number of carboxylic acid groups (broad SMARTS) is 1. The second kappa shape index (κ2) is 6.64. The molecular formula is C15H28N2O4. The molecule has 0 spiro atoms. The van der Waals surface area contributed by atoms with E-state index in [-0.39, 0.29) is 29.9 Å². The van der Waals surface area contributed by atoms with Crippen molar-refractivity contribution in [2.75, 3.05) is 6.61 Å². The molecule has 0 unspecified atom stereocenters. The van der Waals surface area contributed by atoms with Crippen LogP contribution in [-0.4, -0.2) is 40.9 Å². The number of hydrogen-bond donors (Lipinski definition) is 4. The van der Waals surface area contributed by atoms with E-state index in [1.807, 2.05) is 0 Å². The van der Waals surface area contributed by atoms with Crippen LogP contribution < -0.4 is 10.6 Å². The van der Waals surface area contributed by atoms with Gasteiger partial charge in [-0.15, -0.1) is 0 Å². The van der Waals surface area contributed by atoms with E-state index in [0.717, 1.165) is 19.3 Å². The van der Waals surface area contributed by atoms with Crippen LogP contribution in [0.25, 0.3) is 0 Å². The fourth-order valence-electron chi connectivity index (χ4n) is 3.72. The van der Waals surface area contributed by atoms with E-state index < -0.39 is 18.0 Å². The summed E-state index contributed by atoms with van der Waals surface area (Å²) in [5, 5.41) is 23.1. The second-order valence-electron chi connectivity index (χ2n) is 7.63. The number of carbonyl (C=O) groups excluding carboxylic acids is 1. The van der Waals surface area contributed by atoms with Gasteiger partial charge in [0.05, 0.1) is 0 Å².